The third-order valence-corrected chi connectivity index (χ3v) is 4.15. The number of thioether (sulfide) groups is 1. The Bertz CT molecular complexity index is 680. The van der Waals surface area contributed by atoms with Crippen LogP contribution in [0, 0.1) is 10.1 Å². The average Bonchev–Trinajstić information content (AvgIpc) is 2.52. The Kier molecular flexibility index (Phi) is 5.80. The van der Waals surface area contributed by atoms with Crippen molar-refractivity contribution in [1.82, 2.24) is 5.32 Å². The molecule has 0 aliphatic rings. The molecule has 0 atom stereocenters. The number of nitrogens with zero attached hydrogens (tertiary/aromatic N) is 1. The number of non-ortho nitro benzene ring substituents is 1. The van der Waals surface area contributed by atoms with Crippen LogP contribution in [0.2, 0.25) is 5.02 Å². The molecule has 1 N–H and O–H groups in total. The van der Waals surface area contributed by atoms with E-state index in [2.05, 4.69) is 5.32 Å². The van der Waals surface area contributed by atoms with Gasteiger partial charge in [-0.2, -0.15) is 0 Å². The van der Waals surface area contributed by atoms with Gasteiger partial charge in [-0.15, -0.1) is 11.8 Å². The summed E-state index contributed by atoms with van der Waals surface area (Å²) in [6.07, 6.45) is 0. The lowest BCUT2D eigenvalue weighted by Gasteiger charge is -2.06. The summed E-state index contributed by atoms with van der Waals surface area (Å²) in [7, 11) is 0. The van der Waals surface area contributed by atoms with Crippen LogP contribution in [-0.4, -0.2) is 23.1 Å². The Balaban J connectivity index is 1.89. The highest BCUT2D eigenvalue weighted by atomic mass is 35.5. The van der Waals surface area contributed by atoms with Crippen molar-refractivity contribution in [3.05, 3.63) is 69.2 Å². The van der Waals surface area contributed by atoms with Gasteiger partial charge in [0.15, 0.2) is 0 Å². The van der Waals surface area contributed by atoms with Crippen LogP contribution in [0.5, 0.6) is 0 Å². The number of hydrogen-bond donors (Lipinski definition) is 1. The number of hydrogen-bond acceptors (Lipinski definition) is 4. The van der Waals surface area contributed by atoms with E-state index in [1.807, 2.05) is 30.3 Å². The molecule has 114 valence electrons. The van der Waals surface area contributed by atoms with Crippen LogP contribution in [0.1, 0.15) is 10.4 Å². The monoisotopic (exact) mass is 336 g/mol. The zero-order valence-electron chi connectivity index (χ0n) is 11.5. The lowest BCUT2D eigenvalue weighted by Crippen LogP contribution is -2.26. The van der Waals surface area contributed by atoms with Crippen molar-refractivity contribution in [3.8, 4) is 0 Å². The number of nitrogens with one attached hydrogen (secondary N) is 1. The van der Waals surface area contributed by atoms with Crippen LogP contribution < -0.4 is 5.32 Å². The molecule has 0 heterocycles. The van der Waals surface area contributed by atoms with E-state index >= 15 is 0 Å². The van der Waals surface area contributed by atoms with Crippen molar-refractivity contribution >= 4 is 35.0 Å². The van der Waals surface area contributed by atoms with E-state index in [1.54, 1.807) is 11.8 Å². The van der Waals surface area contributed by atoms with E-state index in [-0.39, 0.29) is 16.3 Å². The third kappa shape index (κ3) is 4.47. The van der Waals surface area contributed by atoms with Crippen molar-refractivity contribution < 1.29 is 9.72 Å². The largest absolute Gasteiger partial charge is 0.351 e. The van der Waals surface area contributed by atoms with Gasteiger partial charge in [-0.1, -0.05) is 29.8 Å². The van der Waals surface area contributed by atoms with Gasteiger partial charge in [0.2, 0.25) is 0 Å². The zero-order chi connectivity index (χ0) is 15.9. The first-order valence-electron chi connectivity index (χ1n) is 6.48. The number of halogens is 1. The van der Waals surface area contributed by atoms with Gasteiger partial charge in [0.05, 0.1) is 15.5 Å². The Morgan fingerprint density at radius 1 is 1.23 bits per heavy atom. The summed E-state index contributed by atoms with van der Waals surface area (Å²) in [5.41, 5.74) is -0.0474. The minimum atomic E-state index is -0.557. The highest BCUT2D eigenvalue weighted by molar-refractivity contribution is 7.99. The standard InChI is InChI=1S/C15H13ClN2O3S/c16-14-7-6-11(18(20)21)10-13(14)15(19)17-8-9-22-12-4-2-1-3-5-12/h1-7,10H,8-9H2,(H,17,19). The highest BCUT2D eigenvalue weighted by Crippen LogP contribution is 2.22. The maximum absolute atomic E-state index is 12.0. The van der Waals surface area contributed by atoms with Crippen LogP contribution in [0.25, 0.3) is 0 Å². The zero-order valence-corrected chi connectivity index (χ0v) is 13.1. The second kappa shape index (κ2) is 7.82. The molecular formula is C15H13ClN2O3S. The summed E-state index contributed by atoms with van der Waals surface area (Å²) in [6, 6.07) is 13.6. The number of amides is 1. The number of rotatable bonds is 6. The van der Waals surface area contributed by atoms with Crippen LogP contribution in [-0.2, 0) is 0 Å². The molecule has 1 amide bonds. The Morgan fingerprint density at radius 2 is 1.95 bits per heavy atom. The Hall–Kier alpha value is -2.05. The highest BCUT2D eigenvalue weighted by Gasteiger charge is 2.15. The number of benzene rings is 2. The molecule has 0 saturated heterocycles. The quantitative estimate of drug-likeness (QED) is 0.377. The van der Waals surface area contributed by atoms with Gasteiger partial charge >= 0.3 is 0 Å². The number of nitro benzene ring substituents is 1. The average molecular weight is 337 g/mol. The van der Waals surface area contributed by atoms with Gasteiger partial charge in [-0.3, -0.25) is 14.9 Å². The number of carbonyl (C=O) groups is 1. The van der Waals surface area contributed by atoms with E-state index in [9.17, 15) is 14.9 Å². The second-order valence-electron chi connectivity index (χ2n) is 4.34. The maximum atomic E-state index is 12.0. The van der Waals surface area contributed by atoms with E-state index in [4.69, 9.17) is 11.6 Å². The summed E-state index contributed by atoms with van der Waals surface area (Å²) < 4.78 is 0. The number of carbonyl (C=O) groups excluding carboxylic acids is 1. The van der Waals surface area contributed by atoms with E-state index < -0.39 is 10.8 Å². The first-order chi connectivity index (χ1) is 10.6. The van der Waals surface area contributed by atoms with E-state index in [0.717, 1.165) is 4.90 Å². The molecule has 2 aromatic rings. The van der Waals surface area contributed by atoms with Gasteiger partial charge in [0.1, 0.15) is 0 Å². The van der Waals surface area contributed by atoms with Gasteiger partial charge < -0.3 is 5.32 Å². The second-order valence-corrected chi connectivity index (χ2v) is 5.91. The molecule has 2 aromatic carbocycles. The van der Waals surface area contributed by atoms with Crippen molar-refractivity contribution in [3.63, 3.8) is 0 Å². The molecule has 22 heavy (non-hydrogen) atoms. The molecule has 0 aromatic heterocycles. The molecule has 7 heteroatoms. The number of nitro groups is 1. The van der Waals surface area contributed by atoms with Gasteiger partial charge in [-0.25, -0.2) is 0 Å². The van der Waals surface area contributed by atoms with Crippen LogP contribution >= 0.6 is 23.4 Å². The van der Waals surface area contributed by atoms with Crippen molar-refractivity contribution in [2.75, 3.05) is 12.3 Å². The Morgan fingerprint density at radius 3 is 2.64 bits per heavy atom. The minimum absolute atomic E-state index is 0.112. The lowest BCUT2D eigenvalue weighted by molar-refractivity contribution is -0.384. The predicted octanol–water partition coefficient (Wildman–Crippen LogP) is 3.77. The van der Waals surface area contributed by atoms with Crippen LogP contribution in [0.4, 0.5) is 5.69 Å². The summed E-state index contributed by atoms with van der Waals surface area (Å²) in [5.74, 6) is 0.282. The Labute approximate surface area is 136 Å². The summed E-state index contributed by atoms with van der Waals surface area (Å²) >= 11 is 7.53. The first kappa shape index (κ1) is 16.3. The predicted molar refractivity (Wildman–Crippen MR) is 87.6 cm³/mol. The molecule has 0 bridgehead atoms. The van der Waals surface area contributed by atoms with Gasteiger partial charge in [0, 0.05) is 29.3 Å². The van der Waals surface area contributed by atoms with Crippen molar-refractivity contribution in [1.29, 1.82) is 0 Å². The first-order valence-corrected chi connectivity index (χ1v) is 7.84. The van der Waals surface area contributed by atoms with Crippen molar-refractivity contribution in [2.45, 2.75) is 4.90 Å². The van der Waals surface area contributed by atoms with Crippen LogP contribution in [0.3, 0.4) is 0 Å². The fraction of sp³-hybridized carbons (Fsp3) is 0.133. The fourth-order valence-corrected chi connectivity index (χ4v) is 2.74. The molecule has 0 aliphatic heterocycles. The normalized spacial score (nSPS) is 10.2. The molecule has 0 saturated carbocycles. The molecule has 0 spiro atoms. The molecule has 2 rings (SSSR count). The molecule has 0 unspecified atom stereocenters. The van der Waals surface area contributed by atoms with E-state index in [1.165, 1.54) is 18.2 Å². The molecular weight excluding hydrogens is 324 g/mol. The smallest absolute Gasteiger partial charge is 0.270 e. The third-order valence-electron chi connectivity index (χ3n) is 2.80. The molecule has 0 fully saturated rings. The molecule has 0 aliphatic carbocycles. The SMILES string of the molecule is O=C(NCCSc1ccccc1)c1cc([N+](=O)[O-])ccc1Cl. The lowest BCUT2D eigenvalue weighted by atomic mass is 10.2. The minimum Gasteiger partial charge on any atom is -0.351 e. The maximum Gasteiger partial charge on any atom is 0.270 e. The van der Waals surface area contributed by atoms with E-state index in [0.29, 0.717) is 12.3 Å². The van der Waals surface area contributed by atoms with Crippen LogP contribution in [0.15, 0.2) is 53.4 Å². The van der Waals surface area contributed by atoms with Crippen molar-refractivity contribution in [2.24, 2.45) is 0 Å². The molecule has 5 nitrogen and oxygen atoms in total. The summed E-state index contributed by atoms with van der Waals surface area (Å²) in [6.45, 7) is 0.442. The topological polar surface area (TPSA) is 72.2 Å². The summed E-state index contributed by atoms with van der Waals surface area (Å²) in [4.78, 5) is 23.3. The fourth-order valence-electron chi connectivity index (χ4n) is 1.75. The summed E-state index contributed by atoms with van der Waals surface area (Å²) in [5, 5.41) is 13.6. The van der Waals surface area contributed by atoms with Gasteiger partial charge in [-0.05, 0) is 18.2 Å². The van der Waals surface area contributed by atoms with Gasteiger partial charge in [0.25, 0.3) is 11.6 Å². The molecule has 0 radical (unpaired) electrons.